The van der Waals surface area contributed by atoms with E-state index in [1.54, 1.807) is 37.7 Å². The predicted octanol–water partition coefficient (Wildman–Crippen LogP) is 3.46. The molecular formula is C17H14BrN5O2. The molecule has 0 bridgehead atoms. The van der Waals surface area contributed by atoms with E-state index in [0.717, 1.165) is 16.9 Å². The lowest BCUT2D eigenvalue weighted by Gasteiger charge is -2.04. The van der Waals surface area contributed by atoms with Crippen molar-refractivity contribution in [1.29, 1.82) is 0 Å². The molecule has 1 aromatic heterocycles. The van der Waals surface area contributed by atoms with Crippen LogP contribution < -0.4 is 10.2 Å². The number of aromatic nitrogens is 3. The highest BCUT2D eigenvalue weighted by molar-refractivity contribution is 9.10. The summed E-state index contributed by atoms with van der Waals surface area (Å²) in [5, 5.41) is 21.4. The van der Waals surface area contributed by atoms with Gasteiger partial charge in [-0.25, -0.2) is 10.4 Å². The summed E-state index contributed by atoms with van der Waals surface area (Å²) in [6.45, 7) is 0. The highest BCUT2D eigenvalue weighted by Gasteiger charge is 2.03. The fourth-order valence-corrected chi connectivity index (χ4v) is 2.42. The molecule has 3 rings (SSSR count). The highest BCUT2D eigenvalue weighted by atomic mass is 79.9. The van der Waals surface area contributed by atoms with E-state index in [1.807, 2.05) is 24.3 Å². The van der Waals surface area contributed by atoms with Crippen molar-refractivity contribution in [2.45, 2.75) is 0 Å². The minimum absolute atomic E-state index is 0.171. The number of hydrogen-bond acceptors (Lipinski definition) is 7. The third kappa shape index (κ3) is 4.30. The first-order valence-corrected chi connectivity index (χ1v) is 8.07. The van der Waals surface area contributed by atoms with Gasteiger partial charge in [0.05, 0.1) is 29.7 Å². The summed E-state index contributed by atoms with van der Waals surface area (Å²) in [7, 11) is 1.62. The lowest BCUT2D eigenvalue weighted by atomic mass is 10.1. The molecule has 8 heteroatoms. The molecule has 0 aliphatic carbocycles. The SMILES string of the molecule is COc1ccc(-c2cnnc(NN=Cc3ccc(O)c(Br)c3)n2)cc1. The molecule has 25 heavy (non-hydrogen) atoms. The summed E-state index contributed by atoms with van der Waals surface area (Å²) in [6.07, 6.45) is 3.17. The Kier molecular flexibility index (Phi) is 5.20. The fourth-order valence-electron chi connectivity index (χ4n) is 2.02. The average molecular weight is 400 g/mol. The van der Waals surface area contributed by atoms with Gasteiger partial charge in [-0.3, -0.25) is 0 Å². The maximum absolute atomic E-state index is 9.48. The molecule has 0 atom stereocenters. The molecule has 0 aliphatic rings. The zero-order valence-corrected chi connectivity index (χ0v) is 14.8. The number of nitrogens with one attached hydrogen (secondary N) is 1. The van der Waals surface area contributed by atoms with Crippen molar-refractivity contribution in [3.05, 3.63) is 58.7 Å². The number of rotatable bonds is 5. The number of phenolic OH excluding ortho intramolecular Hbond substituents is 1. The number of methoxy groups -OCH3 is 1. The van der Waals surface area contributed by atoms with Gasteiger partial charge in [0.25, 0.3) is 5.95 Å². The highest BCUT2D eigenvalue weighted by Crippen LogP contribution is 2.23. The van der Waals surface area contributed by atoms with Gasteiger partial charge in [0, 0.05) is 5.56 Å². The Hall–Kier alpha value is -3.00. The molecule has 2 N–H and O–H groups in total. The number of halogens is 1. The van der Waals surface area contributed by atoms with Crippen molar-refractivity contribution in [1.82, 2.24) is 15.2 Å². The van der Waals surface area contributed by atoms with Crippen LogP contribution in [0.4, 0.5) is 5.95 Å². The Labute approximate surface area is 152 Å². The van der Waals surface area contributed by atoms with E-state index in [9.17, 15) is 5.11 Å². The second-order valence-electron chi connectivity index (χ2n) is 4.97. The molecule has 0 saturated heterocycles. The Bertz CT molecular complexity index is 900. The number of nitrogens with zero attached hydrogens (tertiary/aromatic N) is 4. The molecule has 0 saturated carbocycles. The van der Waals surface area contributed by atoms with E-state index in [1.165, 1.54) is 0 Å². The van der Waals surface area contributed by atoms with Crippen LogP contribution in [-0.2, 0) is 0 Å². The first-order valence-electron chi connectivity index (χ1n) is 7.27. The van der Waals surface area contributed by atoms with Crippen molar-refractivity contribution in [3.63, 3.8) is 0 Å². The Balaban J connectivity index is 1.72. The van der Waals surface area contributed by atoms with Gasteiger partial charge in [-0.15, -0.1) is 5.10 Å². The van der Waals surface area contributed by atoms with Crippen LogP contribution in [0.3, 0.4) is 0 Å². The summed E-state index contributed by atoms with van der Waals surface area (Å²) < 4.78 is 5.73. The number of phenols is 1. The molecule has 1 heterocycles. The smallest absolute Gasteiger partial charge is 0.263 e. The molecule has 126 valence electrons. The first-order chi connectivity index (χ1) is 12.2. The normalized spacial score (nSPS) is 10.8. The molecule has 0 spiro atoms. The van der Waals surface area contributed by atoms with Crippen molar-refractivity contribution in [2.75, 3.05) is 12.5 Å². The Morgan fingerprint density at radius 1 is 1.20 bits per heavy atom. The monoisotopic (exact) mass is 399 g/mol. The van der Waals surface area contributed by atoms with Crippen LogP contribution in [0.5, 0.6) is 11.5 Å². The van der Waals surface area contributed by atoms with E-state index in [-0.39, 0.29) is 11.7 Å². The lowest BCUT2D eigenvalue weighted by Crippen LogP contribution is -2.00. The van der Waals surface area contributed by atoms with Crippen molar-refractivity contribution in [2.24, 2.45) is 5.10 Å². The number of anilines is 1. The van der Waals surface area contributed by atoms with Gasteiger partial charge < -0.3 is 9.84 Å². The van der Waals surface area contributed by atoms with Gasteiger partial charge in [-0.2, -0.15) is 10.2 Å². The van der Waals surface area contributed by atoms with Crippen molar-refractivity contribution in [3.8, 4) is 22.8 Å². The van der Waals surface area contributed by atoms with E-state index < -0.39 is 0 Å². The van der Waals surface area contributed by atoms with Crippen LogP contribution in [0.2, 0.25) is 0 Å². The van der Waals surface area contributed by atoms with Crippen LogP contribution in [0.25, 0.3) is 11.3 Å². The summed E-state index contributed by atoms with van der Waals surface area (Å²) in [4.78, 5) is 4.37. The van der Waals surface area contributed by atoms with E-state index in [0.29, 0.717) is 10.2 Å². The number of aromatic hydroxyl groups is 1. The summed E-state index contributed by atoms with van der Waals surface area (Å²) in [5.41, 5.74) is 5.11. The molecule has 0 amide bonds. The molecule has 0 fully saturated rings. The molecule has 7 nitrogen and oxygen atoms in total. The number of hydrogen-bond donors (Lipinski definition) is 2. The summed E-state index contributed by atoms with van der Waals surface area (Å²) in [6, 6.07) is 12.5. The van der Waals surface area contributed by atoms with E-state index in [2.05, 4.69) is 41.6 Å². The Morgan fingerprint density at radius 3 is 2.72 bits per heavy atom. The molecule has 2 aromatic carbocycles. The molecule has 3 aromatic rings. The van der Waals surface area contributed by atoms with Crippen LogP contribution >= 0.6 is 15.9 Å². The van der Waals surface area contributed by atoms with Gasteiger partial charge >= 0.3 is 0 Å². The summed E-state index contributed by atoms with van der Waals surface area (Å²) in [5.74, 6) is 1.22. The average Bonchev–Trinajstić information content (AvgIpc) is 2.65. The first kappa shape index (κ1) is 16.8. The zero-order valence-electron chi connectivity index (χ0n) is 13.2. The second-order valence-corrected chi connectivity index (χ2v) is 5.83. The molecule has 0 aliphatic heterocycles. The molecule has 0 unspecified atom stereocenters. The van der Waals surface area contributed by atoms with Crippen molar-refractivity contribution >= 4 is 28.1 Å². The predicted molar refractivity (Wildman–Crippen MR) is 98.8 cm³/mol. The van der Waals surface area contributed by atoms with Gasteiger partial charge in [0.2, 0.25) is 0 Å². The van der Waals surface area contributed by atoms with E-state index in [4.69, 9.17) is 4.74 Å². The number of ether oxygens (including phenoxy) is 1. The van der Waals surface area contributed by atoms with Crippen molar-refractivity contribution < 1.29 is 9.84 Å². The number of hydrazone groups is 1. The summed E-state index contributed by atoms with van der Waals surface area (Å²) >= 11 is 3.25. The minimum atomic E-state index is 0.171. The van der Waals surface area contributed by atoms with Gasteiger partial charge in [0.15, 0.2) is 0 Å². The zero-order chi connectivity index (χ0) is 17.6. The quantitative estimate of drug-likeness (QED) is 0.504. The van der Waals surface area contributed by atoms with Crippen LogP contribution in [0.15, 0.2) is 58.2 Å². The maximum Gasteiger partial charge on any atom is 0.263 e. The van der Waals surface area contributed by atoms with Crippen LogP contribution in [0, 0.1) is 0 Å². The van der Waals surface area contributed by atoms with Gasteiger partial charge in [-0.05, 0) is 64.0 Å². The molecule has 0 radical (unpaired) electrons. The number of benzene rings is 2. The maximum atomic E-state index is 9.48. The Morgan fingerprint density at radius 2 is 2.00 bits per heavy atom. The van der Waals surface area contributed by atoms with Gasteiger partial charge in [-0.1, -0.05) is 0 Å². The van der Waals surface area contributed by atoms with Gasteiger partial charge in [0.1, 0.15) is 11.5 Å². The van der Waals surface area contributed by atoms with Crippen LogP contribution in [0.1, 0.15) is 5.56 Å². The molecular weight excluding hydrogens is 386 g/mol. The largest absolute Gasteiger partial charge is 0.507 e. The third-order valence-electron chi connectivity index (χ3n) is 3.29. The van der Waals surface area contributed by atoms with E-state index >= 15 is 0 Å². The topological polar surface area (TPSA) is 92.5 Å². The lowest BCUT2D eigenvalue weighted by molar-refractivity contribution is 0.415. The van der Waals surface area contributed by atoms with Crippen LogP contribution in [-0.4, -0.2) is 33.6 Å². The fraction of sp³-hybridized carbons (Fsp3) is 0.0588. The minimum Gasteiger partial charge on any atom is -0.507 e. The second kappa shape index (κ2) is 7.71. The standard InChI is InChI=1S/C17H14BrN5O2/c1-25-13-5-3-12(4-6-13)15-10-20-23-17(21-15)22-19-9-11-2-7-16(24)14(18)8-11/h2-10,24H,1H3,(H,21,22,23). The third-order valence-corrected chi connectivity index (χ3v) is 3.93.